The van der Waals surface area contributed by atoms with Gasteiger partial charge in [0.1, 0.15) is 12.9 Å². The smallest absolute Gasteiger partial charge is 0.136 e. The van der Waals surface area contributed by atoms with Gasteiger partial charge < -0.3 is 4.84 Å². The lowest BCUT2D eigenvalue weighted by Gasteiger charge is -2.20. The molecular formula is C13H18FNO. The lowest BCUT2D eigenvalue weighted by Crippen LogP contribution is -2.15. The molecule has 3 heteroatoms. The van der Waals surface area contributed by atoms with E-state index in [4.69, 9.17) is 0 Å². The number of hydrogen-bond acceptors (Lipinski definition) is 2. The molecule has 0 radical (unpaired) electrons. The first-order valence-corrected chi connectivity index (χ1v) is 5.25. The highest BCUT2D eigenvalue weighted by atomic mass is 19.1. The third-order valence-corrected chi connectivity index (χ3v) is 2.42. The van der Waals surface area contributed by atoms with Crippen LogP contribution in [0.25, 0.3) is 0 Å². The molecule has 0 aromatic heterocycles. The van der Waals surface area contributed by atoms with Crippen LogP contribution in [0.4, 0.5) is 4.39 Å². The zero-order chi connectivity index (χ0) is 12.3. The topological polar surface area (TPSA) is 21.6 Å². The van der Waals surface area contributed by atoms with Crippen LogP contribution < -0.4 is 0 Å². The average molecular weight is 223 g/mol. The summed E-state index contributed by atoms with van der Waals surface area (Å²) in [7, 11) is 1.45. The molecule has 1 aromatic carbocycles. The fourth-order valence-electron chi connectivity index (χ4n) is 1.58. The van der Waals surface area contributed by atoms with Crippen molar-refractivity contribution in [2.75, 3.05) is 7.11 Å². The minimum Gasteiger partial charge on any atom is -0.399 e. The first-order valence-electron chi connectivity index (χ1n) is 5.25. The van der Waals surface area contributed by atoms with E-state index < -0.39 is 0 Å². The maximum absolute atomic E-state index is 14.2. The van der Waals surface area contributed by atoms with Gasteiger partial charge in [-0.15, -0.1) is 0 Å². The lowest BCUT2D eigenvalue weighted by atomic mass is 9.85. The van der Waals surface area contributed by atoms with E-state index in [0.29, 0.717) is 16.8 Å². The van der Waals surface area contributed by atoms with Gasteiger partial charge in [0.15, 0.2) is 0 Å². The number of benzene rings is 1. The fraction of sp³-hybridized carbons (Fsp3) is 0.462. The van der Waals surface area contributed by atoms with Crippen molar-refractivity contribution in [2.45, 2.75) is 33.1 Å². The molecule has 1 rings (SSSR count). The van der Waals surface area contributed by atoms with Crippen molar-refractivity contribution in [1.82, 2.24) is 0 Å². The van der Waals surface area contributed by atoms with Crippen LogP contribution in [0.2, 0.25) is 0 Å². The van der Waals surface area contributed by atoms with Crippen molar-refractivity contribution in [3.05, 3.63) is 35.1 Å². The zero-order valence-corrected chi connectivity index (χ0v) is 10.5. The predicted molar refractivity (Wildman–Crippen MR) is 64.3 cm³/mol. The van der Waals surface area contributed by atoms with Crippen LogP contribution in [0, 0.1) is 5.82 Å². The van der Waals surface area contributed by atoms with Crippen LogP contribution in [0.5, 0.6) is 0 Å². The van der Waals surface area contributed by atoms with E-state index in [1.807, 2.05) is 26.8 Å². The molecule has 0 aliphatic rings. The van der Waals surface area contributed by atoms with E-state index in [1.54, 1.807) is 19.1 Å². The maximum Gasteiger partial charge on any atom is 0.136 e. The van der Waals surface area contributed by atoms with Gasteiger partial charge in [0, 0.05) is 5.56 Å². The largest absolute Gasteiger partial charge is 0.399 e. The molecule has 0 saturated heterocycles. The Morgan fingerprint density at radius 1 is 1.31 bits per heavy atom. The van der Waals surface area contributed by atoms with E-state index in [2.05, 4.69) is 9.99 Å². The van der Waals surface area contributed by atoms with Gasteiger partial charge in [-0.2, -0.15) is 0 Å². The molecule has 0 amide bonds. The standard InChI is InChI=1S/C13H18FNO/c1-9(15-16-5)10-7-6-8-11(12(10)14)13(2,3)4/h6-8H,1-5H3. The van der Waals surface area contributed by atoms with Gasteiger partial charge in [0.25, 0.3) is 0 Å². The summed E-state index contributed by atoms with van der Waals surface area (Å²) in [6, 6.07) is 5.36. The second-order valence-electron chi connectivity index (χ2n) is 4.78. The Kier molecular flexibility index (Phi) is 3.68. The average Bonchev–Trinajstić information content (AvgIpc) is 2.16. The summed E-state index contributed by atoms with van der Waals surface area (Å²) in [5, 5.41) is 3.76. The number of hydrogen-bond donors (Lipinski definition) is 0. The molecule has 0 N–H and O–H groups in total. The zero-order valence-electron chi connectivity index (χ0n) is 10.5. The SMILES string of the molecule is CON=C(C)c1cccc(C(C)(C)C)c1F. The Morgan fingerprint density at radius 2 is 1.94 bits per heavy atom. The highest BCUT2D eigenvalue weighted by molar-refractivity contribution is 5.98. The highest BCUT2D eigenvalue weighted by Gasteiger charge is 2.20. The first kappa shape index (κ1) is 12.7. The Morgan fingerprint density at radius 3 is 2.44 bits per heavy atom. The Hall–Kier alpha value is -1.38. The molecule has 0 spiro atoms. The van der Waals surface area contributed by atoms with Gasteiger partial charge in [-0.1, -0.05) is 44.1 Å². The molecule has 0 saturated carbocycles. The molecule has 0 bridgehead atoms. The normalized spacial score (nSPS) is 12.8. The van der Waals surface area contributed by atoms with E-state index in [-0.39, 0.29) is 11.2 Å². The van der Waals surface area contributed by atoms with Gasteiger partial charge in [-0.3, -0.25) is 0 Å². The molecule has 1 aromatic rings. The van der Waals surface area contributed by atoms with Crippen LogP contribution in [0.3, 0.4) is 0 Å². The van der Waals surface area contributed by atoms with Gasteiger partial charge in [-0.25, -0.2) is 4.39 Å². The Balaban J connectivity index is 3.30. The lowest BCUT2D eigenvalue weighted by molar-refractivity contribution is 0.213. The van der Waals surface area contributed by atoms with Gasteiger partial charge in [-0.05, 0) is 17.9 Å². The van der Waals surface area contributed by atoms with Crippen molar-refractivity contribution in [2.24, 2.45) is 5.16 Å². The summed E-state index contributed by atoms with van der Waals surface area (Å²) >= 11 is 0. The molecule has 0 atom stereocenters. The van der Waals surface area contributed by atoms with Crippen LogP contribution >= 0.6 is 0 Å². The summed E-state index contributed by atoms with van der Waals surface area (Å²) in [6.07, 6.45) is 0. The summed E-state index contributed by atoms with van der Waals surface area (Å²) < 4.78 is 14.2. The summed E-state index contributed by atoms with van der Waals surface area (Å²) in [5.41, 5.74) is 1.52. The minimum atomic E-state index is -0.215. The molecule has 0 aliphatic carbocycles. The predicted octanol–water partition coefficient (Wildman–Crippen LogP) is 3.49. The van der Waals surface area contributed by atoms with Crippen LogP contribution in [-0.2, 0) is 10.3 Å². The van der Waals surface area contributed by atoms with Gasteiger partial charge in [0.05, 0.1) is 5.71 Å². The van der Waals surface area contributed by atoms with Gasteiger partial charge in [0.2, 0.25) is 0 Å². The van der Waals surface area contributed by atoms with Crippen molar-refractivity contribution in [3.8, 4) is 0 Å². The Labute approximate surface area is 96.1 Å². The molecule has 0 fully saturated rings. The monoisotopic (exact) mass is 223 g/mol. The highest BCUT2D eigenvalue weighted by Crippen LogP contribution is 2.26. The summed E-state index contributed by atoms with van der Waals surface area (Å²) in [4.78, 5) is 4.66. The molecule has 0 aliphatic heterocycles. The van der Waals surface area contributed by atoms with E-state index in [9.17, 15) is 4.39 Å². The fourth-order valence-corrected chi connectivity index (χ4v) is 1.58. The minimum absolute atomic E-state index is 0.215. The number of oxime groups is 1. The molecule has 88 valence electrons. The Bertz CT molecular complexity index is 405. The summed E-state index contributed by atoms with van der Waals surface area (Å²) in [6.45, 7) is 7.68. The molecule has 2 nitrogen and oxygen atoms in total. The van der Waals surface area contributed by atoms with Crippen molar-refractivity contribution in [1.29, 1.82) is 0 Å². The van der Waals surface area contributed by atoms with E-state index in [0.717, 1.165) is 0 Å². The number of rotatable bonds is 2. The van der Waals surface area contributed by atoms with E-state index >= 15 is 0 Å². The molecule has 0 unspecified atom stereocenters. The van der Waals surface area contributed by atoms with Crippen molar-refractivity contribution in [3.63, 3.8) is 0 Å². The van der Waals surface area contributed by atoms with E-state index in [1.165, 1.54) is 7.11 Å². The van der Waals surface area contributed by atoms with Crippen molar-refractivity contribution < 1.29 is 9.23 Å². The third-order valence-electron chi connectivity index (χ3n) is 2.42. The third kappa shape index (κ3) is 2.60. The maximum atomic E-state index is 14.2. The molecule has 0 heterocycles. The second-order valence-corrected chi connectivity index (χ2v) is 4.78. The van der Waals surface area contributed by atoms with Crippen LogP contribution in [-0.4, -0.2) is 12.8 Å². The first-order chi connectivity index (χ1) is 7.38. The molecule has 16 heavy (non-hydrogen) atoms. The number of nitrogens with zero attached hydrogens (tertiary/aromatic N) is 1. The van der Waals surface area contributed by atoms with Crippen LogP contribution in [0.1, 0.15) is 38.8 Å². The quantitative estimate of drug-likeness (QED) is 0.555. The van der Waals surface area contributed by atoms with Crippen LogP contribution in [0.15, 0.2) is 23.4 Å². The van der Waals surface area contributed by atoms with Gasteiger partial charge >= 0.3 is 0 Å². The van der Waals surface area contributed by atoms with Crippen molar-refractivity contribution >= 4 is 5.71 Å². The summed E-state index contributed by atoms with van der Waals surface area (Å²) in [5.74, 6) is -0.215. The second kappa shape index (κ2) is 4.64. The molecular weight excluding hydrogens is 205 g/mol. The number of halogens is 1.